The summed E-state index contributed by atoms with van der Waals surface area (Å²) < 4.78 is 8.12. The molecule has 0 N–H and O–H groups in total. The minimum absolute atomic E-state index is 0.00776. The molecule has 26 heavy (non-hydrogen) atoms. The quantitative estimate of drug-likeness (QED) is 0.285. The normalized spacial score (nSPS) is 11.0. The van der Waals surface area contributed by atoms with Crippen molar-refractivity contribution in [3.63, 3.8) is 0 Å². The predicted molar refractivity (Wildman–Crippen MR) is 105 cm³/mol. The van der Waals surface area contributed by atoms with Gasteiger partial charge in [-0.3, -0.25) is 4.79 Å². The van der Waals surface area contributed by atoms with E-state index >= 15 is 0 Å². The van der Waals surface area contributed by atoms with Gasteiger partial charge in [-0.15, -0.1) is 0 Å². The molecule has 4 rings (SSSR count). The largest absolute Gasteiger partial charge is 0.425 e. The highest BCUT2D eigenvalue weighted by Gasteiger charge is 2.14. The zero-order valence-electron chi connectivity index (χ0n) is 13.7. The third-order valence-electron chi connectivity index (χ3n) is 4.19. The van der Waals surface area contributed by atoms with Crippen LogP contribution in [-0.2, 0) is 11.3 Å². The number of carbonyl (C=O) groups is 1. The Kier molecular flexibility index (Phi) is 4.31. The van der Waals surface area contributed by atoms with E-state index in [1.165, 1.54) is 0 Å². The SMILES string of the molecule is O=C(Cn1c2ccccc2c(=O)c2ccccc21)Oc1cccc(Br)c1. The second-order valence-electron chi connectivity index (χ2n) is 5.88. The Morgan fingerprint density at radius 2 is 1.50 bits per heavy atom. The number of aromatic nitrogens is 1. The first-order chi connectivity index (χ1) is 12.6. The van der Waals surface area contributed by atoms with Crippen LogP contribution in [0.2, 0.25) is 0 Å². The fourth-order valence-electron chi connectivity index (χ4n) is 3.07. The molecule has 0 unspecified atom stereocenters. The molecule has 4 nitrogen and oxygen atoms in total. The van der Waals surface area contributed by atoms with Crippen molar-refractivity contribution in [3.05, 3.63) is 87.5 Å². The summed E-state index contributed by atoms with van der Waals surface area (Å²) in [7, 11) is 0. The summed E-state index contributed by atoms with van der Waals surface area (Å²) in [5, 5.41) is 1.17. The third-order valence-corrected chi connectivity index (χ3v) is 4.69. The van der Waals surface area contributed by atoms with Crippen molar-refractivity contribution in [1.29, 1.82) is 0 Å². The number of para-hydroxylation sites is 2. The number of halogens is 1. The zero-order valence-corrected chi connectivity index (χ0v) is 15.3. The fourth-order valence-corrected chi connectivity index (χ4v) is 3.45. The van der Waals surface area contributed by atoms with Crippen molar-refractivity contribution in [3.8, 4) is 5.75 Å². The molecule has 0 spiro atoms. The molecule has 4 aromatic rings. The maximum absolute atomic E-state index is 12.7. The number of rotatable bonds is 3. The van der Waals surface area contributed by atoms with Crippen molar-refractivity contribution in [2.24, 2.45) is 0 Å². The first-order valence-electron chi connectivity index (χ1n) is 8.10. The van der Waals surface area contributed by atoms with Crippen LogP contribution in [0.5, 0.6) is 5.75 Å². The van der Waals surface area contributed by atoms with Crippen molar-refractivity contribution in [1.82, 2.24) is 4.57 Å². The summed E-state index contributed by atoms with van der Waals surface area (Å²) in [4.78, 5) is 25.2. The summed E-state index contributed by atoms with van der Waals surface area (Å²) in [6.07, 6.45) is 0. The van der Waals surface area contributed by atoms with Gasteiger partial charge in [-0.05, 0) is 42.5 Å². The smallest absolute Gasteiger partial charge is 0.331 e. The standard InChI is InChI=1S/C21H14BrNO3/c22-14-6-5-7-15(12-14)26-20(24)13-23-18-10-3-1-8-16(18)21(25)17-9-2-4-11-19(17)23/h1-12H,13H2. The molecule has 0 fully saturated rings. The van der Waals surface area contributed by atoms with Crippen molar-refractivity contribution < 1.29 is 9.53 Å². The molecule has 128 valence electrons. The van der Waals surface area contributed by atoms with Gasteiger partial charge < -0.3 is 9.30 Å². The van der Waals surface area contributed by atoms with Crippen molar-refractivity contribution in [2.75, 3.05) is 0 Å². The van der Waals surface area contributed by atoms with Crippen LogP contribution in [0, 0.1) is 0 Å². The topological polar surface area (TPSA) is 48.3 Å². The minimum Gasteiger partial charge on any atom is -0.425 e. The molecule has 0 amide bonds. The number of ether oxygens (including phenoxy) is 1. The lowest BCUT2D eigenvalue weighted by atomic mass is 10.1. The lowest BCUT2D eigenvalue weighted by molar-refractivity contribution is -0.134. The van der Waals surface area contributed by atoms with Gasteiger partial charge >= 0.3 is 5.97 Å². The van der Waals surface area contributed by atoms with Gasteiger partial charge in [-0.2, -0.15) is 0 Å². The minimum atomic E-state index is -0.401. The highest BCUT2D eigenvalue weighted by molar-refractivity contribution is 9.10. The monoisotopic (exact) mass is 407 g/mol. The summed E-state index contributed by atoms with van der Waals surface area (Å²) in [5.41, 5.74) is 1.39. The van der Waals surface area contributed by atoms with Gasteiger partial charge in [0.05, 0.1) is 11.0 Å². The maximum atomic E-state index is 12.7. The van der Waals surface area contributed by atoms with Gasteiger partial charge in [0.15, 0.2) is 5.43 Å². The van der Waals surface area contributed by atoms with Crippen LogP contribution in [0.15, 0.2) is 82.1 Å². The molecule has 0 aliphatic heterocycles. The van der Waals surface area contributed by atoms with Gasteiger partial charge in [0, 0.05) is 15.2 Å². The molecule has 0 bridgehead atoms. The van der Waals surface area contributed by atoms with Gasteiger partial charge in [0.25, 0.3) is 0 Å². The van der Waals surface area contributed by atoms with E-state index in [1.807, 2.05) is 47.0 Å². The number of hydrogen-bond donors (Lipinski definition) is 0. The Balaban J connectivity index is 1.81. The van der Waals surface area contributed by atoms with Crippen LogP contribution < -0.4 is 10.2 Å². The summed E-state index contributed by atoms with van der Waals surface area (Å²) in [6.45, 7) is 0.00776. The molecule has 0 radical (unpaired) electrons. The second-order valence-corrected chi connectivity index (χ2v) is 6.80. The highest BCUT2D eigenvalue weighted by atomic mass is 79.9. The van der Waals surface area contributed by atoms with Gasteiger partial charge in [-0.25, -0.2) is 4.79 Å². The average Bonchev–Trinajstić information content (AvgIpc) is 2.65. The molecule has 3 aromatic carbocycles. The van der Waals surface area contributed by atoms with Gasteiger partial charge in [0.2, 0.25) is 0 Å². The van der Waals surface area contributed by atoms with Crippen molar-refractivity contribution in [2.45, 2.75) is 6.54 Å². The third kappa shape index (κ3) is 3.02. The molecule has 0 aliphatic rings. The number of esters is 1. The van der Waals surface area contributed by atoms with Crippen LogP contribution in [-0.4, -0.2) is 10.5 Å². The number of hydrogen-bond acceptors (Lipinski definition) is 3. The lowest BCUT2D eigenvalue weighted by Crippen LogP contribution is -2.19. The van der Waals surface area contributed by atoms with E-state index in [-0.39, 0.29) is 12.0 Å². The van der Waals surface area contributed by atoms with E-state index in [9.17, 15) is 9.59 Å². The maximum Gasteiger partial charge on any atom is 0.331 e. The van der Waals surface area contributed by atoms with Crippen LogP contribution in [0.3, 0.4) is 0 Å². The Bertz CT molecular complexity index is 1140. The Morgan fingerprint density at radius 1 is 0.885 bits per heavy atom. The number of benzene rings is 3. The molecule has 0 saturated carbocycles. The zero-order chi connectivity index (χ0) is 18.1. The first-order valence-corrected chi connectivity index (χ1v) is 8.89. The molecule has 1 heterocycles. The van der Waals surface area contributed by atoms with E-state index in [1.54, 1.807) is 30.3 Å². The average molecular weight is 408 g/mol. The number of fused-ring (bicyclic) bond motifs is 2. The van der Waals surface area contributed by atoms with Crippen LogP contribution >= 0.6 is 15.9 Å². The number of pyridine rings is 1. The predicted octanol–water partition coefficient (Wildman–Crippen LogP) is 4.52. The Hall–Kier alpha value is -2.92. The molecule has 0 atom stereocenters. The Labute approximate surface area is 157 Å². The van der Waals surface area contributed by atoms with Crippen molar-refractivity contribution >= 4 is 43.7 Å². The molecule has 5 heteroatoms. The molecule has 0 aliphatic carbocycles. The lowest BCUT2D eigenvalue weighted by Gasteiger charge is -2.14. The van der Waals surface area contributed by atoms with Crippen LogP contribution in [0.25, 0.3) is 21.8 Å². The summed E-state index contributed by atoms with van der Waals surface area (Å²) in [5.74, 6) is 0.0705. The fraction of sp³-hybridized carbons (Fsp3) is 0.0476. The summed E-state index contributed by atoms with van der Waals surface area (Å²) in [6, 6.07) is 21.7. The second kappa shape index (κ2) is 6.77. The van der Waals surface area contributed by atoms with Crippen LogP contribution in [0.4, 0.5) is 0 Å². The Morgan fingerprint density at radius 3 is 2.12 bits per heavy atom. The molecule has 1 aromatic heterocycles. The first kappa shape index (κ1) is 16.5. The molecule has 0 saturated heterocycles. The molecular weight excluding hydrogens is 394 g/mol. The number of nitrogens with zero attached hydrogens (tertiary/aromatic N) is 1. The number of carbonyl (C=O) groups excluding carboxylic acids is 1. The summed E-state index contributed by atoms with van der Waals surface area (Å²) >= 11 is 3.36. The molecular formula is C21H14BrNO3. The van der Waals surface area contributed by atoms with E-state index < -0.39 is 5.97 Å². The van der Waals surface area contributed by atoms with Gasteiger partial charge in [0.1, 0.15) is 12.3 Å². The van der Waals surface area contributed by atoms with Crippen LogP contribution in [0.1, 0.15) is 0 Å². The highest BCUT2D eigenvalue weighted by Crippen LogP contribution is 2.21. The van der Waals surface area contributed by atoms with E-state index in [0.29, 0.717) is 27.6 Å². The van der Waals surface area contributed by atoms with E-state index in [4.69, 9.17) is 4.74 Å². The van der Waals surface area contributed by atoms with E-state index in [2.05, 4.69) is 15.9 Å². The van der Waals surface area contributed by atoms with Gasteiger partial charge in [-0.1, -0.05) is 46.3 Å². The van der Waals surface area contributed by atoms with E-state index in [0.717, 1.165) is 4.47 Å².